The Kier molecular flexibility index (Phi) is 5.31. The zero-order valence-electron chi connectivity index (χ0n) is 16.8. The van der Waals surface area contributed by atoms with Crippen molar-refractivity contribution in [1.29, 1.82) is 0 Å². The van der Waals surface area contributed by atoms with Gasteiger partial charge in [0.15, 0.2) is 0 Å². The van der Waals surface area contributed by atoms with Gasteiger partial charge in [0.25, 0.3) is 5.56 Å². The zero-order chi connectivity index (χ0) is 20.9. The van der Waals surface area contributed by atoms with Gasteiger partial charge in [-0.1, -0.05) is 15.9 Å². The third kappa shape index (κ3) is 4.38. The maximum absolute atomic E-state index is 12.8. The number of hydrogen-bond acceptors (Lipinski definition) is 5. The number of aromatic nitrogens is 2. The summed E-state index contributed by atoms with van der Waals surface area (Å²) < 4.78 is 7.86. The lowest BCUT2D eigenvalue weighted by molar-refractivity contribution is -0.0822. The molecule has 0 aromatic carbocycles. The normalized spacial score (nSPS) is 22.0. The van der Waals surface area contributed by atoms with Crippen molar-refractivity contribution in [2.24, 2.45) is 0 Å². The topological polar surface area (TPSA) is 84.1 Å². The van der Waals surface area contributed by atoms with E-state index in [2.05, 4.69) is 20.9 Å². The average Bonchev–Trinajstić information content (AvgIpc) is 2.52. The van der Waals surface area contributed by atoms with Crippen LogP contribution in [0, 0.1) is 6.92 Å². The highest BCUT2D eigenvalue weighted by molar-refractivity contribution is 9.10. The number of amides is 1. The second kappa shape index (κ2) is 7.15. The molecule has 0 saturated heterocycles. The minimum atomic E-state index is -0.790. The fourth-order valence-electron chi connectivity index (χ4n) is 3.40. The number of ether oxygens (including phenoxy) is 1. The number of aliphatic hydroxyl groups is 1. The smallest absolute Gasteiger partial charge is 0.410 e. The molecule has 2 heterocycles. The van der Waals surface area contributed by atoms with Crippen molar-refractivity contribution in [3.05, 3.63) is 44.4 Å². The largest absolute Gasteiger partial charge is 0.444 e. The van der Waals surface area contributed by atoms with Crippen molar-refractivity contribution in [1.82, 2.24) is 14.3 Å². The summed E-state index contributed by atoms with van der Waals surface area (Å²) in [7, 11) is 0. The van der Waals surface area contributed by atoms with Gasteiger partial charge in [0.2, 0.25) is 0 Å². The van der Waals surface area contributed by atoms with Crippen molar-refractivity contribution in [3.63, 3.8) is 0 Å². The molecule has 152 valence electrons. The lowest BCUT2D eigenvalue weighted by Gasteiger charge is -2.46. The second-order valence-electron chi connectivity index (χ2n) is 8.73. The second-order valence-corrected chi connectivity index (χ2v) is 9.64. The van der Waals surface area contributed by atoms with Gasteiger partial charge >= 0.3 is 6.09 Å². The molecule has 1 saturated carbocycles. The van der Waals surface area contributed by atoms with E-state index in [9.17, 15) is 14.7 Å². The maximum atomic E-state index is 12.8. The fraction of sp³-hybridized carbons (Fsp3) is 0.550. The van der Waals surface area contributed by atoms with Crippen LogP contribution in [0.2, 0.25) is 0 Å². The van der Waals surface area contributed by atoms with Gasteiger partial charge in [-0.25, -0.2) is 9.78 Å². The van der Waals surface area contributed by atoms with Gasteiger partial charge < -0.3 is 9.84 Å². The van der Waals surface area contributed by atoms with E-state index < -0.39 is 17.3 Å². The summed E-state index contributed by atoms with van der Waals surface area (Å²) in [5.41, 5.74) is -0.0825. The molecule has 0 bridgehead atoms. The molecule has 1 aliphatic carbocycles. The monoisotopic (exact) mass is 451 g/mol. The summed E-state index contributed by atoms with van der Waals surface area (Å²) in [6, 6.07) is 3.38. The van der Waals surface area contributed by atoms with E-state index in [4.69, 9.17) is 4.74 Å². The molecule has 0 unspecified atom stereocenters. The Morgan fingerprint density at radius 2 is 2.11 bits per heavy atom. The highest BCUT2D eigenvalue weighted by Gasteiger charge is 2.44. The Hall–Kier alpha value is -1.93. The van der Waals surface area contributed by atoms with Crippen LogP contribution in [0.3, 0.4) is 0 Å². The average molecular weight is 452 g/mol. The molecule has 1 N–H and O–H groups in total. The number of fused-ring (bicyclic) bond motifs is 1. The Morgan fingerprint density at radius 1 is 1.46 bits per heavy atom. The van der Waals surface area contributed by atoms with Crippen LogP contribution < -0.4 is 5.56 Å². The van der Waals surface area contributed by atoms with Crippen LogP contribution >= 0.6 is 15.9 Å². The van der Waals surface area contributed by atoms with E-state index >= 15 is 0 Å². The number of rotatable bonds is 3. The summed E-state index contributed by atoms with van der Waals surface area (Å²) >= 11 is 3.40. The molecule has 1 aliphatic rings. The van der Waals surface area contributed by atoms with Gasteiger partial charge in [0.1, 0.15) is 11.2 Å². The first-order valence-corrected chi connectivity index (χ1v) is 10.0. The Labute approximate surface area is 172 Å². The summed E-state index contributed by atoms with van der Waals surface area (Å²) in [4.78, 5) is 31.7. The molecular formula is C20H26BrN3O4. The number of nitrogens with zero attached hydrogens (tertiary/aromatic N) is 3. The minimum absolute atomic E-state index is 0.153. The number of pyridine rings is 1. The summed E-state index contributed by atoms with van der Waals surface area (Å²) in [6.45, 7) is 9.04. The standard InChI is InChI=1S/C20H26BrN3O4/c1-12-15(22-16-8-13(21)6-7-23(16)17(12)25)11-24(14-9-20(5,27)10-14)18(26)28-19(2,3)4/h6-8,14,27H,9-11H2,1-5H3. The van der Waals surface area contributed by atoms with Crippen molar-refractivity contribution in [3.8, 4) is 0 Å². The van der Waals surface area contributed by atoms with Crippen LogP contribution in [-0.4, -0.2) is 42.7 Å². The molecule has 1 fully saturated rings. The van der Waals surface area contributed by atoms with Gasteiger partial charge in [-0.3, -0.25) is 14.1 Å². The van der Waals surface area contributed by atoms with E-state index in [1.165, 1.54) is 4.40 Å². The van der Waals surface area contributed by atoms with Gasteiger partial charge in [-0.05, 0) is 59.6 Å². The molecule has 0 aliphatic heterocycles. The molecule has 2 aromatic rings. The third-order valence-corrected chi connectivity index (χ3v) is 5.35. The molecule has 28 heavy (non-hydrogen) atoms. The summed E-state index contributed by atoms with van der Waals surface area (Å²) in [5, 5.41) is 10.1. The van der Waals surface area contributed by atoms with Crippen LogP contribution in [0.15, 0.2) is 27.6 Å². The van der Waals surface area contributed by atoms with Gasteiger partial charge in [0, 0.05) is 22.3 Å². The molecule has 0 atom stereocenters. The molecule has 0 spiro atoms. The van der Waals surface area contributed by atoms with Crippen LogP contribution in [0.25, 0.3) is 5.65 Å². The molecule has 3 rings (SSSR count). The van der Waals surface area contributed by atoms with E-state index in [1.54, 1.807) is 37.1 Å². The fourth-order valence-corrected chi connectivity index (χ4v) is 3.72. The Morgan fingerprint density at radius 3 is 2.68 bits per heavy atom. The van der Waals surface area contributed by atoms with E-state index in [1.807, 2.05) is 20.8 Å². The van der Waals surface area contributed by atoms with Crippen LogP contribution in [-0.2, 0) is 11.3 Å². The lowest BCUT2D eigenvalue weighted by Crippen LogP contribution is -2.56. The molecular weight excluding hydrogens is 426 g/mol. The molecule has 7 nitrogen and oxygen atoms in total. The number of hydrogen-bond donors (Lipinski definition) is 1. The van der Waals surface area contributed by atoms with Crippen LogP contribution in [0.4, 0.5) is 4.79 Å². The van der Waals surface area contributed by atoms with E-state index in [0.717, 1.165) is 4.47 Å². The Balaban J connectivity index is 1.97. The quantitative estimate of drug-likeness (QED) is 0.772. The number of halogens is 1. The first-order valence-electron chi connectivity index (χ1n) is 9.26. The molecule has 0 radical (unpaired) electrons. The predicted octanol–water partition coefficient (Wildman–Crippen LogP) is 3.42. The minimum Gasteiger partial charge on any atom is -0.444 e. The van der Waals surface area contributed by atoms with Crippen molar-refractivity contribution in [2.45, 2.75) is 71.2 Å². The van der Waals surface area contributed by atoms with Gasteiger partial charge in [-0.2, -0.15) is 0 Å². The van der Waals surface area contributed by atoms with Crippen molar-refractivity contribution >= 4 is 27.7 Å². The van der Waals surface area contributed by atoms with E-state index in [-0.39, 0.29) is 18.1 Å². The zero-order valence-corrected chi connectivity index (χ0v) is 18.4. The van der Waals surface area contributed by atoms with Crippen LogP contribution in [0.1, 0.15) is 51.8 Å². The third-order valence-electron chi connectivity index (χ3n) is 4.86. The number of carbonyl (C=O) groups is 1. The predicted molar refractivity (Wildman–Crippen MR) is 109 cm³/mol. The highest BCUT2D eigenvalue weighted by atomic mass is 79.9. The van der Waals surface area contributed by atoms with Gasteiger partial charge in [0.05, 0.1) is 17.8 Å². The van der Waals surface area contributed by atoms with Crippen molar-refractivity contribution in [2.75, 3.05) is 0 Å². The van der Waals surface area contributed by atoms with Gasteiger partial charge in [-0.15, -0.1) is 0 Å². The number of carbonyl (C=O) groups excluding carboxylic acids is 1. The first-order chi connectivity index (χ1) is 12.9. The summed E-state index contributed by atoms with van der Waals surface area (Å²) in [6.07, 6.45) is 2.12. The summed E-state index contributed by atoms with van der Waals surface area (Å²) in [5.74, 6) is 0. The molecule has 8 heteroatoms. The first kappa shape index (κ1) is 20.8. The maximum Gasteiger partial charge on any atom is 0.410 e. The SMILES string of the molecule is Cc1c(CN(C(=O)OC(C)(C)C)C2CC(C)(O)C2)nc2cc(Br)ccn2c1=O. The highest BCUT2D eigenvalue weighted by Crippen LogP contribution is 2.36. The molecule has 2 aromatic heterocycles. The molecule has 1 amide bonds. The van der Waals surface area contributed by atoms with Crippen LogP contribution in [0.5, 0.6) is 0 Å². The lowest BCUT2D eigenvalue weighted by atomic mass is 9.76. The van der Waals surface area contributed by atoms with Crippen molar-refractivity contribution < 1.29 is 14.6 Å². The van der Waals surface area contributed by atoms with E-state index in [0.29, 0.717) is 29.7 Å². The Bertz CT molecular complexity index is 970.